The van der Waals surface area contributed by atoms with Gasteiger partial charge in [-0.2, -0.15) is 4.98 Å². The van der Waals surface area contributed by atoms with Crippen LogP contribution in [0.2, 0.25) is 0 Å². The summed E-state index contributed by atoms with van der Waals surface area (Å²) >= 11 is 0. The molecule has 0 saturated carbocycles. The SMILES string of the molecule is CCCNc1ncc2c(n1)NC(=O)C2. The number of aromatic nitrogens is 2. The third kappa shape index (κ3) is 1.66. The second kappa shape index (κ2) is 3.61. The number of hydrogen-bond donors (Lipinski definition) is 2. The predicted molar refractivity (Wildman–Crippen MR) is 53.1 cm³/mol. The summed E-state index contributed by atoms with van der Waals surface area (Å²) in [6.07, 6.45) is 3.11. The molecule has 14 heavy (non-hydrogen) atoms. The van der Waals surface area contributed by atoms with E-state index in [1.54, 1.807) is 6.20 Å². The molecule has 5 nitrogen and oxygen atoms in total. The van der Waals surface area contributed by atoms with Crippen molar-refractivity contribution < 1.29 is 4.79 Å². The van der Waals surface area contributed by atoms with Gasteiger partial charge in [0.05, 0.1) is 6.42 Å². The summed E-state index contributed by atoms with van der Waals surface area (Å²) in [7, 11) is 0. The van der Waals surface area contributed by atoms with Crippen LogP contribution in [-0.2, 0) is 11.2 Å². The van der Waals surface area contributed by atoms with Gasteiger partial charge in [0, 0.05) is 18.3 Å². The molecule has 0 atom stereocenters. The first kappa shape index (κ1) is 8.93. The smallest absolute Gasteiger partial charge is 0.230 e. The molecule has 0 aliphatic carbocycles. The van der Waals surface area contributed by atoms with Gasteiger partial charge in [-0.15, -0.1) is 0 Å². The molecule has 2 N–H and O–H groups in total. The van der Waals surface area contributed by atoms with Crippen LogP contribution in [0.5, 0.6) is 0 Å². The van der Waals surface area contributed by atoms with Crippen molar-refractivity contribution in [3.63, 3.8) is 0 Å². The third-order valence-corrected chi connectivity index (χ3v) is 2.01. The van der Waals surface area contributed by atoms with Gasteiger partial charge in [-0.25, -0.2) is 4.98 Å². The lowest BCUT2D eigenvalue weighted by atomic mass is 10.3. The van der Waals surface area contributed by atoms with Gasteiger partial charge in [0.2, 0.25) is 11.9 Å². The zero-order chi connectivity index (χ0) is 9.97. The lowest BCUT2D eigenvalue weighted by molar-refractivity contribution is -0.115. The summed E-state index contributed by atoms with van der Waals surface area (Å²) < 4.78 is 0. The average molecular weight is 192 g/mol. The van der Waals surface area contributed by atoms with Crippen LogP contribution in [0.15, 0.2) is 6.20 Å². The van der Waals surface area contributed by atoms with Crippen molar-refractivity contribution in [3.8, 4) is 0 Å². The van der Waals surface area contributed by atoms with Gasteiger partial charge in [-0.1, -0.05) is 6.92 Å². The van der Waals surface area contributed by atoms with E-state index >= 15 is 0 Å². The molecule has 0 aromatic carbocycles. The predicted octanol–water partition coefficient (Wildman–Crippen LogP) is 0.793. The maximum Gasteiger partial charge on any atom is 0.230 e. The first-order valence-electron chi connectivity index (χ1n) is 4.69. The first-order chi connectivity index (χ1) is 6.79. The van der Waals surface area contributed by atoms with Crippen LogP contribution >= 0.6 is 0 Å². The lowest BCUT2D eigenvalue weighted by Gasteiger charge is -2.03. The Kier molecular flexibility index (Phi) is 2.30. The van der Waals surface area contributed by atoms with Crippen LogP contribution in [-0.4, -0.2) is 22.4 Å². The second-order valence-electron chi connectivity index (χ2n) is 3.22. The van der Waals surface area contributed by atoms with E-state index in [4.69, 9.17) is 0 Å². The average Bonchev–Trinajstić information content (AvgIpc) is 2.54. The van der Waals surface area contributed by atoms with E-state index in [1.165, 1.54) is 0 Å². The quantitative estimate of drug-likeness (QED) is 0.743. The molecule has 1 amide bonds. The summed E-state index contributed by atoms with van der Waals surface area (Å²) in [5.74, 6) is 1.21. The van der Waals surface area contributed by atoms with Gasteiger partial charge in [0.1, 0.15) is 5.82 Å². The first-order valence-corrected chi connectivity index (χ1v) is 4.69. The molecule has 0 bridgehead atoms. The lowest BCUT2D eigenvalue weighted by Crippen LogP contribution is -2.06. The van der Waals surface area contributed by atoms with Gasteiger partial charge in [-0.3, -0.25) is 4.79 Å². The highest BCUT2D eigenvalue weighted by Gasteiger charge is 2.19. The summed E-state index contributed by atoms with van der Waals surface area (Å²) in [4.78, 5) is 19.3. The molecule has 0 radical (unpaired) electrons. The molecule has 1 aliphatic rings. The van der Waals surface area contributed by atoms with Crippen LogP contribution in [0.25, 0.3) is 0 Å². The largest absolute Gasteiger partial charge is 0.354 e. The fourth-order valence-corrected chi connectivity index (χ4v) is 1.32. The molecular weight excluding hydrogens is 180 g/mol. The Morgan fingerprint density at radius 3 is 3.29 bits per heavy atom. The highest BCUT2D eigenvalue weighted by atomic mass is 16.1. The van der Waals surface area contributed by atoms with E-state index in [-0.39, 0.29) is 5.91 Å². The topological polar surface area (TPSA) is 66.9 Å². The van der Waals surface area contributed by atoms with Crippen LogP contribution in [0.3, 0.4) is 0 Å². The van der Waals surface area contributed by atoms with Gasteiger partial charge in [0.15, 0.2) is 0 Å². The Labute approximate surface area is 82.0 Å². The summed E-state index contributed by atoms with van der Waals surface area (Å²) in [5.41, 5.74) is 0.872. The fourth-order valence-electron chi connectivity index (χ4n) is 1.32. The highest BCUT2D eigenvalue weighted by Crippen LogP contribution is 2.20. The van der Waals surface area contributed by atoms with Gasteiger partial charge in [-0.05, 0) is 6.42 Å². The van der Waals surface area contributed by atoms with Crippen LogP contribution < -0.4 is 10.6 Å². The molecule has 1 aromatic heterocycles. The molecule has 2 rings (SSSR count). The maximum absolute atomic E-state index is 11.0. The number of anilines is 2. The molecular formula is C9H12N4O. The van der Waals surface area contributed by atoms with E-state index in [9.17, 15) is 4.79 Å². The normalized spacial score (nSPS) is 13.6. The monoisotopic (exact) mass is 192 g/mol. The molecule has 0 saturated heterocycles. The Balaban J connectivity index is 2.16. The zero-order valence-electron chi connectivity index (χ0n) is 8.00. The molecule has 1 aromatic rings. The number of nitrogens with one attached hydrogen (secondary N) is 2. The number of nitrogens with zero attached hydrogens (tertiary/aromatic N) is 2. The van der Waals surface area contributed by atoms with E-state index in [0.29, 0.717) is 18.2 Å². The van der Waals surface area contributed by atoms with Crippen molar-refractivity contribution in [2.24, 2.45) is 0 Å². The molecule has 2 heterocycles. The Bertz CT molecular complexity index is 364. The number of amides is 1. The molecule has 1 aliphatic heterocycles. The second-order valence-corrected chi connectivity index (χ2v) is 3.22. The Hall–Kier alpha value is -1.65. The third-order valence-electron chi connectivity index (χ3n) is 2.01. The number of carbonyl (C=O) groups excluding carboxylic acids is 1. The number of fused-ring (bicyclic) bond motifs is 1. The zero-order valence-corrected chi connectivity index (χ0v) is 8.00. The summed E-state index contributed by atoms with van der Waals surface area (Å²) in [6, 6.07) is 0. The van der Waals surface area contributed by atoms with Gasteiger partial charge in [0.25, 0.3) is 0 Å². The fraction of sp³-hybridized carbons (Fsp3) is 0.444. The van der Waals surface area contributed by atoms with Crippen molar-refractivity contribution in [3.05, 3.63) is 11.8 Å². The minimum Gasteiger partial charge on any atom is -0.354 e. The van der Waals surface area contributed by atoms with Crippen molar-refractivity contribution in [1.29, 1.82) is 0 Å². The van der Waals surface area contributed by atoms with Crippen molar-refractivity contribution >= 4 is 17.7 Å². The minimum atomic E-state index is -0.0121. The summed E-state index contributed by atoms with van der Waals surface area (Å²) in [5, 5.41) is 5.75. The van der Waals surface area contributed by atoms with Gasteiger partial charge >= 0.3 is 0 Å². The number of rotatable bonds is 3. The van der Waals surface area contributed by atoms with Gasteiger partial charge < -0.3 is 10.6 Å². The molecule has 5 heteroatoms. The molecule has 0 spiro atoms. The number of hydrogen-bond acceptors (Lipinski definition) is 4. The molecule has 0 fully saturated rings. The standard InChI is InChI=1S/C9H12N4O/c1-2-3-10-9-11-5-6-4-7(14)12-8(6)13-9/h5H,2-4H2,1H3,(H2,10,11,12,13,14). The number of carbonyl (C=O) groups is 1. The van der Waals surface area contributed by atoms with Crippen molar-refractivity contribution in [1.82, 2.24) is 9.97 Å². The van der Waals surface area contributed by atoms with Crippen molar-refractivity contribution in [2.45, 2.75) is 19.8 Å². The van der Waals surface area contributed by atoms with E-state index in [0.717, 1.165) is 18.5 Å². The van der Waals surface area contributed by atoms with Crippen molar-refractivity contribution in [2.75, 3.05) is 17.2 Å². The van der Waals surface area contributed by atoms with Crippen LogP contribution in [0, 0.1) is 0 Å². The van der Waals surface area contributed by atoms with Crippen LogP contribution in [0.4, 0.5) is 11.8 Å². The Morgan fingerprint density at radius 1 is 1.64 bits per heavy atom. The van der Waals surface area contributed by atoms with E-state index in [1.807, 2.05) is 0 Å². The minimum absolute atomic E-state index is 0.0121. The summed E-state index contributed by atoms with van der Waals surface area (Å²) in [6.45, 7) is 2.91. The molecule has 0 unspecified atom stereocenters. The van der Waals surface area contributed by atoms with E-state index < -0.39 is 0 Å². The molecule has 74 valence electrons. The van der Waals surface area contributed by atoms with Crippen LogP contribution in [0.1, 0.15) is 18.9 Å². The van der Waals surface area contributed by atoms with E-state index in [2.05, 4.69) is 27.5 Å². The highest BCUT2D eigenvalue weighted by molar-refractivity contribution is 5.97. The maximum atomic E-state index is 11.0. The Morgan fingerprint density at radius 2 is 2.50 bits per heavy atom.